The highest BCUT2D eigenvalue weighted by molar-refractivity contribution is 5.79. The molecule has 172 valence electrons. The van der Waals surface area contributed by atoms with E-state index in [1.54, 1.807) is 7.11 Å². The minimum Gasteiger partial charge on any atom is -0.496 e. The molecule has 1 saturated heterocycles. The number of hydrogen-bond donors (Lipinski definition) is 0. The first kappa shape index (κ1) is 21.0. The van der Waals surface area contributed by atoms with E-state index < -0.39 is 0 Å². The maximum absolute atomic E-state index is 13.3. The quantitative estimate of drug-likeness (QED) is 0.450. The highest BCUT2D eigenvalue weighted by Gasteiger charge is 2.41. The Kier molecular flexibility index (Phi) is 5.17. The summed E-state index contributed by atoms with van der Waals surface area (Å²) in [6.07, 6.45) is 4.96. The van der Waals surface area contributed by atoms with Gasteiger partial charge in [-0.05, 0) is 77.3 Å². The summed E-state index contributed by atoms with van der Waals surface area (Å²) >= 11 is 0. The van der Waals surface area contributed by atoms with Crippen molar-refractivity contribution in [2.75, 3.05) is 13.7 Å². The molecule has 4 heteroatoms. The fraction of sp³-hybridized carbons (Fsp3) is 0.300. The smallest absolute Gasteiger partial charge is 0.410 e. The zero-order valence-electron chi connectivity index (χ0n) is 19.7. The van der Waals surface area contributed by atoms with Crippen LogP contribution in [-0.2, 0) is 4.74 Å². The summed E-state index contributed by atoms with van der Waals surface area (Å²) in [7, 11) is 1.70. The lowest BCUT2D eigenvalue weighted by molar-refractivity contribution is 0.0866. The van der Waals surface area contributed by atoms with Crippen molar-refractivity contribution in [3.8, 4) is 16.9 Å². The van der Waals surface area contributed by atoms with Crippen molar-refractivity contribution < 1.29 is 14.3 Å². The Balaban J connectivity index is 1.19. The minimum absolute atomic E-state index is 0.0900. The summed E-state index contributed by atoms with van der Waals surface area (Å²) in [5, 5.41) is 0. The Morgan fingerprint density at radius 2 is 1.68 bits per heavy atom. The lowest BCUT2D eigenvalue weighted by Gasteiger charge is -2.33. The molecule has 1 amide bonds. The first-order valence-corrected chi connectivity index (χ1v) is 12.1. The van der Waals surface area contributed by atoms with Crippen LogP contribution >= 0.6 is 0 Å². The summed E-state index contributed by atoms with van der Waals surface area (Å²) in [5.74, 6) is 0.996. The molecule has 2 bridgehead atoms. The summed E-state index contributed by atoms with van der Waals surface area (Å²) in [6, 6.07) is 23.6. The molecule has 6 rings (SSSR count). The number of aryl methyl sites for hydroxylation is 1. The van der Waals surface area contributed by atoms with Gasteiger partial charge >= 0.3 is 6.09 Å². The molecule has 2 unspecified atom stereocenters. The largest absolute Gasteiger partial charge is 0.496 e. The van der Waals surface area contributed by atoms with Gasteiger partial charge in [0, 0.05) is 12.0 Å². The van der Waals surface area contributed by atoms with Crippen molar-refractivity contribution in [3.05, 3.63) is 95.1 Å². The second kappa shape index (κ2) is 8.35. The molecule has 0 radical (unpaired) electrons. The molecule has 0 saturated carbocycles. The van der Waals surface area contributed by atoms with E-state index in [2.05, 4.69) is 73.7 Å². The van der Waals surface area contributed by atoms with Crippen LogP contribution < -0.4 is 4.74 Å². The summed E-state index contributed by atoms with van der Waals surface area (Å²) in [6.45, 7) is 2.44. The lowest BCUT2D eigenvalue weighted by atomic mass is 9.94. The van der Waals surface area contributed by atoms with Gasteiger partial charge in [0.25, 0.3) is 0 Å². The number of rotatable bonds is 4. The Morgan fingerprint density at radius 3 is 2.32 bits per heavy atom. The van der Waals surface area contributed by atoms with Gasteiger partial charge in [-0.2, -0.15) is 0 Å². The molecule has 2 heterocycles. The third-order valence-electron chi connectivity index (χ3n) is 7.71. The van der Waals surface area contributed by atoms with E-state index in [1.807, 2.05) is 11.0 Å². The highest BCUT2D eigenvalue weighted by Crippen LogP contribution is 2.45. The zero-order chi connectivity index (χ0) is 23.2. The Hall–Kier alpha value is -3.53. The van der Waals surface area contributed by atoms with E-state index >= 15 is 0 Å². The Bertz CT molecular complexity index is 1250. The molecule has 0 spiro atoms. The number of hydrogen-bond acceptors (Lipinski definition) is 3. The van der Waals surface area contributed by atoms with Crippen LogP contribution in [0.15, 0.2) is 72.8 Å². The molecule has 1 fully saturated rings. The average molecular weight is 452 g/mol. The first-order valence-electron chi connectivity index (χ1n) is 12.1. The van der Waals surface area contributed by atoms with Crippen LogP contribution in [0.5, 0.6) is 5.75 Å². The molecular formula is C30H29NO3. The van der Waals surface area contributed by atoms with Gasteiger partial charge in [-0.1, -0.05) is 60.7 Å². The SMILES string of the molecule is COc1ccc(C2=CC3CCC(C2)N3C(=O)OCC2c3ccccc3-c3ccccc32)cc1C. The third kappa shape index (κ3) is 3.40. The molecule has 0 N–H and O–H groups in total. The van der Waals surface area contributed by atoms with Crippen molar-refractivity contribution in [1.82, 2.24) is 4.90 Å². The number of ether oxygens (including phenoxy) is 2. The van der Waals surface area contributed by atoms with Crippen LogP contribution in [-0.4, -0.2) is 36.8 Å². The van der Waals surface area contributed by atoms with Crippen LogP contribution in [0.3, 0.4) is 0 Å². The number of methoxy groups -OCH3 is 1. The van der Waals surface area contributed by atoms with Crippen LogP contribution in [0.25, 0.3) is 16.7 Å². The van der Waals surface area contributed by atoms with Gasteiger partial charge in [0.2, 0.25) is 0 Å². The normalized spacial score (nSPS) is 20.5. The van der Waals surface area contributed by atoms with Crippen molar-refractivity contribution in [1.29, 1.82) is 0 Å². The molecule has 34 heavy (non-hydrogen) atoms. The Labute approximate surface area is 200 Å². The predicted molar refractivity (Wildman–Crippen MR) is 134 cm³/mol. The van der Waals surface area contributed by atoms with Crippen LogP contribution in [0.4, 0.5) is 4.79 Å². The molecule has 4 nitrogen and oxygen atoms in total. The van der Waals surface area contributed by atoms with Crippen molar-refractivity contribution in [2.24, 2.45) is 0 Å². The standard InChI is InChI=1S/C30H29NO3/c1-19-15-20(11-14-29(19)33-2)21-16-22-12-13-23(17-21)31(22)30(32)34-18-28-26-9-5-3-7-24(26)25-8-4-6-10-27(25)28/h3-11,14-16,22-23,28H,12-13,17-18H2,1-2H3. The third-order valence-corrected chi connectivity index (χ3v) is 7.71. The minimum atomic E-state index is -0.185. The van der Waals surface area contributed by atoms with Crippen LogP contribution in [0.1, 0.15) is 47.4 Å². The van der Waals surface area contributed by atoms with Crippen LogP contribution in [0, 0.1) is 6.92 Å². The summed E-state index contributed by atoms with van der Waals surface area (Å²) in [5.41, 5.74) is 8.67. The molecule has 0 aromatic heterocycles. The summed E-state index contributed by atoms with van der Waals surface area (Å²) < 4.78 is 11.4. The molecule has 3 aromatic rings. The number of nitrogens with zero attached hydrogens (tertiary/aromatic N) is 1. The van der Waals surface area contributed by atoms with E-state index in [4.69, 9.17) is 9.47 Å². The fourth-order valence-corrected chi connectivity index (χ4v) is 6.08. The number of carbonyl (C=O) groups excluding carboxylic acids is 1. The molecule has 2 aliphatic heterocycles. The van der Waals surface area contributed by atoms with E-state index in [0.29, 0.717) is 6.61 Å². The van der Waals surface area contributed by atoms with Gasteiger partial charge in [-0.25, -0.2) is 4.79 Å². The second-order valence-electron chi connectivity index (χ2n) is 9.59. The van der Waals surface area contributed by atoms with E-state index in [9.17, 15) is 4.79 Å². The first-order chi connectivity index (χ1) is 16.6. The number of amides is 1. The average Bonchev–Trinajstić information content (AvgIpc) is 3.33. The van der Waals surface area contributed by atoms with Crippen molar-refractivity contribution in [3.63, 3.8) is 0 Å². The second-order valence-corrected chi connectivity index (χ2v) is 9.59. The van der Waals surface area contributed by atoms with Gasteiger partial charge < -0.3 is 9.47 Å². The molecule has 3 aliphatic rings. The molecule has 2 atom stereocenters. The van der Waals surface area contributed by atoms with E-state index in [0.717, 1.165) is 30.6 Å². The molecule has 3 aromatic carbocycles. The topological polar surface area (TPSA) is 38.8 Å². The van der Waals surface area contributed by atoms with Gasteiger partial charge in [0.1, 0.15) is 12.4 Å². The molecular weight excluding hydrogens is 422 g/mol. The number of carbonyl (C=O) groups is 1. The number of benzene rings is 3. The number of fused-ring (bicyclic) bond motifs is 5. The summed E-state index contributed by atoms with van der Waals surface area (Å²) in [4.78, 5) is 15.3. The molecule has 1 aliphatic carbocycles. The van der Waals surface area contributed by atoms with Crippen molar-refractivity contribution in [2.45, 2.75) is 44.2 Å². The van der Waals surface area contributed by atoms with Crippen molar-refractivity contribution >= 4 is 11.7 Å². The van der Waals surface area contributed by atoms with E-state index in [-0.39, 0.29) is 24.1 Å². The van der Waals surface area contributed by atoms with Gasteiger partial charge in [0.15, 0.2) is 0 Å². The lowest BCUT2D eigenvalue weighted by Crippen LogP contribution is -2.43. The predicted octanol–water partition coefficient (Wildman–Crippen LogP) is 6.57. The van der Waals surface area contributed by atoms with Crippen LogP contribution in [0.2, 0.25) is 0 Å². The van der Waals surface area contributed by atoms with E-state index in [1.165, 1.54) is 33.4 Å². The maximum atomic E-state index is 13.3. The Morgan fingerprint density at radius 1 is 0.971 bits per heavy atom. The fourth-order valence-electron chi connectivity index (χ4n) is 6.08. The van der Waals surface area contributed by atoms with Gasteiger partial charge in [-0.15, -0.1) is 0 Å². The van der Waals surface area contributed by atoms with Gasteiger partial charge in [0.05, 0.1) is 13.2 Å². The van der Waals surface area contributed by atoms with Gasteiger partial charge in [-0.3, -0.25) is 4.90 Å². The maximum Gasteiger partial charge on any atom is 0.410 e. The monoisotopic (exact) mass is 451 g/mol. The zero-order valence-corrected chi connectivity index (χ0v) is 19.7. The highest BCUT2D eigenvalue weighted by atomic mass is 16.6.